The van der Waals surface area contributed by atoms with E-state index in [4.69, 9.17) is 11.6 Å². The molecule has 0 aliphatic rings. The Balaban J connectivity index is 1.69. The lowest BCUT2D eigenvalue weighted by atomic mass is 10.1. The summed E-state index contributed by atoms with van der Waals surface area (Å²) in [6, 6.07) is 17.9. The quantitative estimate of drug-likeness (QED) is 0.629. The van der Waals surface area contributed by atoms with Crippen LogP contribution in [-0.2, 0) is 16.6 Å². The maximum atomic E-state index is 12.9. The fourth-order valence-corrected chi connectivity index (χ4v) is 3.79. The van der Waals surface area contributed by atoms with E-state index in [0.717, 1.165) is 5.56 Å². The minimum absolute atomic E-state index is 0.102. The first-order valence-corrected chi connectivity index (χ1v) is 10.1. The summed E-state index contributed by atoms with van der Waals surface area (Å²) in [5.41, 5.74) is 1.17. The number of hydrogen-bond acceptors (Lipinski definition) is 3. The van der Waals surface area contributed by atoms with Crippen molar-refractivity contribution in [2.24, 2.45) is 0 Å². The molecule has 3 rings (SSSR count). The Hall–Kier alpha value is -2.90. The minimum atomic E-state index is -3.75. The van der Waals surface area contributed by atoms with Crippen LogP contribution in [0.4, 0.5) is 10.1 Å². The predicted molar refractivity (Wildman–Crippen MR) is 106 cm³/mol. The Labute approximate surface area is 167 Å². The Morgan fingerprint density at radius 1 is 0.964 bits per heavy atom. The second-order valence-corrected chi connectivity index (χ2v) is 8.01. The number of benzene rings is 3. The van der Waals surface area contributed by atoms with Crippen LogP contribution in [0.1, 0.15) is 15.9 Å². The number of halogens is 2. The zero-order valence-electron chi connectivity index (χ0n) is 14.5. The average molecular weight is 419 g/mol. The number of carbonyl (C=O) groups is 1. The van der Waals surface area contributed by atoms with Gasteiger partial charge in [0.2, 0.25) is 0 Å². The summed E-state index contributed by atoms with van der Waals surface area (Å²) < 4.78 is 40.0. The van der Waals surface area contributed by atoms with E-state index in [2.05, 4.69) is 10.0 Å². The average Bonchev–Trinajstić information content (AvgIpc) is 2.68. The summed E-state index contributed by atoms with van der Waals surface area (Å²) in [6.07, 6.45) is 0. The molecule has 0 spiro atoms. The van der Waals surface area contributed by atoms with Crippen LogP contribution in [0.3, 0.4) is 0 Å². The number of carbonyl (C=O) groups excluding carboxylic acids is 1. The highest BCUT2D eigenvalue weighted by atomic mass is 35.5. The van der Waals surface area contributed by atoms with Gasteiger partial charge in [-0.2, -0.15) is 0 Å². The van der Waals surface area contributed by atoms with Crippen molar-refractivity contribution in [3.8, 4) is 0 Å². The van der Waals surface area contributed by atoms with Gasteiger partial charge in [0.15, 0.2) is 0 Å². The fourth-order valence-electron chi connectivity index (χ4n) is 2.46. The molecule has 0 aromatic heterocycles. The summed E-state index contributed by atoms with van der Waals surface area (Å²) in [4.78, 5) is 12.4. The van der Waals surface area contributed by atoms with Crippen molar-refractivity contribution in [2.45, 2.75) is 11.4 Å². The molecular weight excluding hydrogens is 403 g/mol. The van der Waals surface area contributed by atoms with Gasteiger partial charge in [-0.15, -0.1) is 0 Å². The zero-order chi connectivity index (χ0) is 20.1. The van der Waals surface area contributed by atoms with E-state index in [1.807, 2.05) is 0 Å². The summed E-state index contributed by atoms with van der Waals surface area (Å²) in [5.74, 6) is -0.779. The molecule has 1 amide bonds. The van der Waals surface area contributed by atoms with Crippen LogP contribution >= 0.6 is 11.6 Å². The van der Waals surface area contributed by atoms with Gasteiger partial charge in [0.25, 0.3) is 15.9 Å². The molecule has 0 unspecified atom stereocenters. The van der Waals surface area contributed by atoms with E-state index in [1.165, 1.54) is 42.5 Å². The molecule has 0 heterocycles. The van der Waals surface area contributed by atoms with Gasteiger partial charge in [0.1, 0.15) is 5.82 Å². The molecule has 0 saturated heterocycles. The first-order chi connectivity index (χ1) is 13.3. The molecule has 0 aliphatic carbocycles. The van der Waals surface area contributed by atoms with Crippen LogP contribution < -0.4 is 10.0 Å². The van der Waals surface area contributed by atoms with Crippen LogP contribution in [0.15, 0.2) is 77.7 Å². The first-order valence-electron chi connectivity index (χ1n) is 8.25. The lowest BCUT2D eigenvalue weighted by Crippen LogP contribution is -2.23. The Bertz CT molecular complexity index is 1090. The maximum absolute atomic E-state index is 12.9. The number of nitrogens with one attached hydrogen (secondary N) is 2. The van der Waals surface area contributed by atoms with Gasteiger partial charge in [-0.3, -0.25) is 9.52 Å². The molecule has 0 saturated carbocycles. The minimum Gasteiger partial charge on any atom is -0.348 e. The summed E-state index contributed by atoms with van der Waals surface area (Å²) in [5, 5.41) is 2.79. The zero-order valence-corrected chi connectivity index (χ0v) is 16.1. The molecule has 28 heavy (non-hydrogen) atoms. The number of hydrogen-bond donors (Lipinski definition) is 2. The van der Waals surface area contributed by atoms with Crippen LogP contribution in [0, 0.1) is 5.82 Å². The number of rotatable bonds is 6. The van der Waals surface area contributed by atoms with E-state index >= 15 is 0 Å². The third-order valence-corrected chi connectivity index (χ3v) is 5.60. The molecule has 3 aromatic rings. The third kappa shape index (κ3) is 4.88. The highest BCUT2D eigenvalue weighted by Gasteiger charge is 2.16. The molecule has 0 bridgehead atoms. The fraction of sp³-hybridized carbons (Fsp3) is 0.0500. The van der Waals surface area contributed by atoms with Gasteiger partial charge in [0, 0.05) is 6.54 Å². The van der Waals surface area contributed by atoms with Gasteiger partial charge in [-0.05, 0) is 48.0 Å². The Morgan fingerprint density at radius 2 is 1.64 bits per heavy atom. The lowest BCUT2D eigenvalue weighted by Gasteiger charge is -2.11. The summed E-state index contributed by atoms with van der Waals surface area (Å²) >= 11 is 6.16. The molecule has 2 N–H and O–H groups in total. The molecule has 0 fully saturated rings. The molecule has 8 heteroatoms. The number of sulfonamides is 1. The molecule has 0 radical (unpaired) electrons. The van der Waals surface area contributed by atoms with Crippen molar-refractivity contribution < 1.29 is 17.6 Å². The van der Waals surface area contributed by atoms with Crippen molar-refractivity contribution in [3.05, 3.63) is 94.8 Å². The smallest absolute Gasteiger partial charge is 0.261 e. The summed E-state index contributed by atoms with van der Waals surface area (Å²) in [6.45, 7) is 0.206. The van der Waals surface area contributed by atoms with Crippen LogP contribution in [0.2, 0.25) is 5.02 Å². The van der Waals surface area contributed by atoms with Gasteiger partial charge in [-0.25, -0.2) is 12.8 Å². The molecule has 5 nitrogen and oxygen atoms in total. The second-order valence-electron chi connectivity index (χ2n) is 5.92. The van der Waals surface area contributed by atoms with Crippen molar-refractivity contribution in [2.75, 3.05) is 4.72 Å². The topological polar surface area (TPSA) is 75.3 Å². The van der Waals surface area contributed by atoms with Gasteiger partial charge >= 0.3 is 0 Å². The van der Waals surface area contributed by atoms with Crippen LogP contribution in [0.5, 0.6) is 0 Å². The monoisotopic (exact) mass is 418 g/mol. The van der Waals surface area contributed by atoms with E-state index in [9.17, 15) is 17.6 Å². The molecule has 144 valence electrons. The van der Waals surface area contributed by atoms with Crippen molar-refractivity contribution in [3.63, 3.8) is 0 Å². The molecule has 0 atom stereocenters. The maximum Gasteiger partial charge on any atom is 0.261 e. The largest absolute Gasteiger partial charge is 0.348 e. The lowest BCUT2D eigenvalue weighted by molar-refractivity contribution is 0.0951. The van der Waals surface area contributed by atoms with E-state index in [-0.39, 0.29) is 33.5 Å². The number of amides is 1. The normalized spacial score (nSPS) is 11.1. The van der Waals surface area contributed by atoms with Gasteiger partial charge < -0.3 is 5.32 Å². The molecule has 3 aromatic carbocycles. The van der Waals surface area contributed by atoms with E-state index in [1.54, 1.807) is 30.3 Å². The first kappa shape index (κ1) is 19.9. The third-order valence-electron chi connectivity index (χ3n) is 3.89. The number of anilines is 1. The molecular formula is C20H16ClFN2O3S. The standard InChI is InChI=1S/C20H16ClFN2O3S/c21-19-12-16(24-28(26,27)17-4-2-1-3-5-17)10-11-18(19)20(25)23-13-14-6-8-15(22)9-7-14/h1-12,24H,13H2,(H,23,25). The van der Waals surface area contributed by atoms with Crippen molar-refractivity contribution >= 4 is 33.2 Å². The highest BCUT2D eigenvalue weighted by molar-refractivity contribution is 7.92. The predicted octanol–water partition coefficient (Wildman–Crippen LogP) is 4.21. The highest BCUT2D eigenvalue weighted by Crippen LogP contribution is 2.23. The van der Waals surface area contributed by atoms with Crippen LogP contribution in [0.25, 0.3) is 0 Å². The van der Waals surface area contributed by atoms with E-state index in [0.29, 0.717) is 0 Å². The van der Waals surface area contributed by atoms with Gasteiger partial charge in [-0.1, -0.05) is 41.9 Å². The SMILES string of the molecule is O=C(NCc1ccc(F)cc1)c1ccc(NS(=O)(=O)c2ccccc2)cc1Cl. The second kappa shape index (κ2) is 8.41. The van der Waals surface area contributed by atoms with Crippen LogP contribution in [-0.4, -0.2) is 14.3 Å². The van der Waals surface area contributed by atoms with Crippen molar-refractivity contribution in [1.29, 1.82) is 0 Å². The summed E-state index contributed by atoms with van der Waals surface area (Å²) in [7, 11) is -3.75. The van der Waals surface area contributed by atoms with E-state index < -0.39 is 15.9 Å². The Kier molecular flexibility index (Phi) is 5.96. The van der Waals surface area contributed by atoms with Gasteiger partial charge in [0.05, 0.1) is 21.2 Å². The molecule has 0 aliphatic heterocycles. The Morgan fingerprint density at radius 3 is 2.29 bits per heavy atom. The van der Waals surface area contributed by atoms with Crippen molar-refractivity contribution in [1.82, 2.24) is 5.32 Å².